The van der Waals surface area contributed by atoms with Crippen molar-refractivity contribution in [1.82, 2.24) is 0 Å². The van der Waals surface area contributed by atoms with E-state index in [1.807, 2.05) is 3.28 Å². The van der Waals surface area contributed by atoms with Crippen molar-refractivity contribution in [2.45, 2.75) is 60.8 Å². The van der Waals surface area contributed by atoms with E-state index in [9.17, 15) is 0 Å². The second kappa shape index (κ2) is 12.1. The first-order valence-electron chi connectivity index (χ1n) is 13.3. The first-order valence-corrected chi connectivity index (χ1v) is 17.1. The molecular formula is C34H38Cl2Zr. The maximum absolute atomic E-state index is 2.74. The summed E-state index contributed by atoms with van der Waals surface area (Å²) >= 11 is -2.41. The van der Waals surface area contributed by atoms with Crippen LogP contribution in [0.3, 0.4) is 0 Å². The number of aryl methyl sites for hydroxylation is 1. The monoisotopic (exact) mass is 606 g/mol. The first kappa shape index (κ1) is 30.0. The van der Waals surface area contributed by atoms with Crippen LogP contribution >= 0.6 is 0 Å². The van der Waals surface area contributed by atoms with Crippen molar-refractivity contribution in [1.29, 1.82) is 0 Å². The third kappa shape index (κ3) is 5.76. The van der Waals surface area contributed by atoms with Crippen molar-refractivity contribution in [3.8, 4) is 11.1 Å². The van der Waals surface area contributed by atoms with E-state index in [4.69, 9.17) is 0 Å². The Morgan fingerprint density at radius 1 is 0.865 bits per heavy atom. The van der Waals surface area contributed by atoms with Gasteiger partial charge in [0, 0.05) is 0 Å². The van der Waals surface area contributed by atoms with E-state index in [0.29, 0.717) is 5.92 Å². The van der Waals surface area contributed by atoms with Gasteiger partial charge < -0.3 is 24.8 Å². The minimum absolute atomic E-state index is 0. The average molecular weight is 609 g/mol. The molecule has 0 saturated carbocycles. The minimum Gasteiger partial charge on any atom is -1.00 e. The molecule has 1 atom stereocenters. The normalized spacial score (nSPS) is 16.1. The van der Waals surface area contributed by atoms with E-state index in [2.05, 4.69) is 118 Å². The smallest absolute Gasteiger partial charge is 1.00 e. The molecule has 0 amide bonds. The molecule has 0 bridgehead atoms. The summed E-state index contributed by atoms with van der Waals surface area (Å²) in [6.45, 7) is 14.1. The number of hydrogen-bond donors (Lipinski definition) is 0. The minimum atomic E-state index is -2.41. The molecule has 2 aliphatic carbocycles. The van der Waals surface area contributed by atoms with Gasteiger partial charge in [0.1, 0.15) is 0 Å². The second-order valence-electron chi connectivity index (χ2n) is 11.2. The summed E-state index contributed by atoms with van der Waals surface area (Å²) < 4.78 is 6.25. The van der Waals surface area contributed by atoms with Gasteiger partial charge in [-0.2, -0.15) is 0 Å². The summed E-state index contributed by atoms with van der Waals surface area (Å²) in [6.07, 6.45) is 6.06. The van der Waals surface area contributed by atoms with E-state index in [1.54, 1.807) is 20.0 Å². The standard InChI is InChI=1S/C13H9.C13H21.C8H8.2ClH.Zr/c1-3-7-12-10(5-1)9-11-6-2-4-8-13(11)12;1-6-10-8-11(7-2)12(9-10)13(3,4)5;1-7-3-5-8(2)6-4-7;;;/h1-5,7-8H,9H2;9-10H,6-7H2,1-5H3;1,3-6H,2H3;2*1H;/q;;;;;+2/p-2. The van der Waals surface area contributed by atoms with Gasteiger partial charge in [-0.15, -0.1) is 0 Å². The Morgan fingerprint density at radius 2 is 1.54 bits per heavy atom. The van der Waals surface area contributed by atoms with Crippen LogP contribution in [0.25, 0.3) is 11.1 Å². The SMILES string of the molecule is CCC1=[C](/[Zr+2](=[CH]/c2ccc(C)cc2)[c]2cccc3c2Cc2ccccc2-3)C(CC)C=C1C(C)(C)C.[Cl-].[Cl-]. The molecular weight excluding hydrogens is 571 g/mol. The van der Waals surface area contributed by atoms with Gasteiger partial charge >= 0.3 is 221 Å². The molecule has 2 aliphatic rings. The molecule has 0 N–H and O–H groups in total. The molecule has 0 nitrogen and oxygen atoms in total. The van der Waals surface area contributed by atoms with Crippen molar-refractivity contribution >= 4 is 6.98 Å². The molecule has 3 heteroatoms. The molecule has 0 aromatic heterocycles. The van der Waals surface area contributed by atoms with Gasteiger partial charge in [-0.3, -0.25) is 0 Å². The summed E-state index contributed by atoms with van der Waals surface area (Å²) in [5.41, 5.74) is 12.2. The Hall–Kier alpha value is -1.53. The predicted octanol–water partition coefficient (Wildman–Crippen LogP) is 2.34. The van der Waals surface area contributed by atoms with Crippen LogP contribution in [0.4, 0.5) is 0 Å². The molecule has 5 rings (SSSR count). The number of fused-ring (bicyclic) bond motifs is 3. The zero-order valence-corrected chi connectivity index (χ0v) is 26.9. The quantitative estimate of drug-likeness (QED) is 0.327. The van der Waals surface area contributed by atoms with Crippen LogP contribution in [-0.4, -0.2) is 3.71 Å². The van der Waals surface area contributed by atoms with E-state index in [0.717, 1.165) is 12.8 Å². The van der Waals surface area contributed by atoms with Gasteiger partial charge in [-0.05, 0) is 0 Å². The van der Waals surface area contributed by atoms with Crippen molar-refractivity contribution in [3.05, 3.63) is 109 Å². The summed E-state index contributed by atoms with van der Waals surface area (Å²) in [4.78, 5) is 0. The largest absolute Gasteiger partial charge is 1.00 e. The van der Waals surface area contributed by atoms with Gasteiger partial charge in [-0.25, -0.2) is 0 Å². The van der Waals surface area contributed by atoms with E-state index >= 15 is 0 Å². The van der Waals surface area contributed by atoms with Crippen LogP contribution in [0.2, 0.25) is 0 Å². The van der Waals surface area contributed by atoms with E-state index < -0.39 is 21.3 Å². The molecule has 192 valence electrons. The Kier molecular flexibility index (Phi) is 9.83. The Balaban J connectivity index is 0.00000190. The van der Waals surface area contributed by atoms with Gasteiger partial charge in [-0.1, -0.05) is 0 Å². The molecule has 0 saturated heterocycles. The van der Waals surface area contributed by atoms with E-state index in [1.165, 1.54) is 34.2 Å². The van der Waals surface area contributed by atoms with Crippen molar-refractivity contribution < 1.29 is 46.1 Å². The molecule has 1 unspecified atom stereocenters. The van der Waals surface area contributed by atoms with Gasteiger partial charge in [0.05, 0.1) is 0 Å². The zero-order valence-electron chi connectivity index (χ0n) is 23.0. The maximum atomic E-state index is 2.74. The Bertz CT molecular complexity index is 1370. The maximum Gasteiger partial charge on any atom is -1.00 e. The van der Waals surface area contributed by atoms with Crippen LogP contribution in [0.15, 0.2) is 87.2 Å². The van der Waals surface area contributed by atoms with Crippen LogP contribution < -0.4 is 28.1 Å². The number of allylic oxidation sites excluding steroid dienone is 4. The number of benzene rings is 3. The van der Waals surface area contributed by atoms with Gasteiger partial charge in [0.2, 0.25) is 0 Å². The van der Waals surface area contributed by atoms with Crippen molar-refractivity contribution in [2.24, 2.45) is 11.3 Å². The van der Waals surface area contributed by atoms with E-state index in [-0.39, 0.29) is 30.2 Å². The van der Waals surface area contributed by atoms with Crippen LogP contribution in [0.5, 0.6) is 0 Å². The second-order valence-corrected chi connectivity index (χ2v) is 16.6. The zero-order chi connectivity index (χ0) is 24.7. The number of hydrogen-bond acceptors (Lipinski definition) is 0. The molecule has 37 heavy (non-hydrogen) atoms. The fraction of sp³-hybridized carbons (Fsp3) is 0.324. The van der Waals surface area contributed by atoms with Gasteiger partial charge in [0.15, 0.2) is 0 Å². The number of rotatable bonds is 5. The first-order chi connectivity index (χ1) is 16.8. The third-order valence-corrected chi connectivity index (χ3v) is 15.0. The molecule has 0 fully saturated rings. The fourth-order valence-electron chi connectivity index (χ4n) is 6.06. The van der Waals surface area contributed by atoms with Crippen molar-refractivity contribution in [2.75, 3.05) is 0 Å². The topological polar surface area (TPSA) is 0 Å². The summed E-state index contributed by atoms with van der Waals surface area (Å²) in [6, 6.07) is 25.5. The molecule has 3 aromatic rings. The molecule has 0 spiro atoms. The molecule has 0 aliphatic heterocycles. The number of halogens is 2. The predicted molar refractivity (Wildman–Crippen MR) is 149 cm³/mol. The summed E-state index contributed by atoms with van der Waals surface area (Å²) in [7, 11) is 0. The molecule has 0 radical (unpaired) electrons. The van der Waals surface area contributed by atoms with Crippen LogP contribution in [-0.2, 0) is 27.7 Å². The van der Waals surface area contributed by atoms with Crippen LogP contribution in [0, 0.1) is 18.3 Å². The molecule has 0 heterocycles. The van der Waals surface area contributed by atoms with Crippen molar-refractivity contribution in [3.63, 3.8) is 0 Å². The van der Waals surface area contributed by atoms with Crippen LogP contribution in [0.1, 0.15) is 69.7 Å². The Morgan fingerprint density at radius 3 is 2.19 bits per heavy atom. The molecule has 3 aromatic carbocycles. The average Bonchev–Trinajstić information content (AvgIpc) is 3.42. The summed E-state index contributed by atoms with van der Waals surface area (Å²) in [5.74, 6) is 0.579. The summed E-state index contributed by atoms with van der Waals surface area (Å²) in [5, 5.41) is 0. The third-order valence-electron chi connectivity index (χ3n) is 7.81. The Labute approximate surface area is 244 Å². The fourth-order valence-corrected chi connectivity index (χ4v) is 14.1. The van der Waals surface area contributed by atoms with Gasteiger partial charge in [0.25, 0.3) is 0 Å².